The maximum atomic E-state index is 3.72. The van der Waals surface area contributed by atoms with Gasteiger partial charge in [0.2, 0.25) is 0 Å². The van der Waals surface area contributed by atoms with Crippen LogP contribution in [0.4, 0.5) is 0 Å². The van der Waals surface area contributed by atoms with Gasteiger partial charge in [-0.2, -0.15) is 0 Å². The molecule has 1 unspecified atom stereocenters. The van der Waals surface area contributed by atoms with Gasteiger partial charge in [0, 0.05) is 6.04 Å². The van der Waals surface area contributed by atoms with Crippen molar-refractivity contribution in [2.75, 3.05) is 6.54 Å². The summed E-state index contributed by atoms with van der Waals surface area (Å²) in [5.74, 6) is 0. The van der Waals surface area contributed by atoms with Crippen molar-refractivity contribution < 1.29 is 0 Å². The lowest BCUT2D eigenvalue weighted by Gasteiger charge is -2.18. The van der Waals surface area contributed by atoms with Crippen molar-refractivity contribution in [3.8, 4) is 0 Å². The Balaban J connectivity index is 1.70. The van der Waals surface area contributed by atoms with Crippen molar-refractivity contribution in [3.63, 3.8) is 0 Å². The number of nitrogens with one attached hydrogen (secondary N) is 1. The summed E-state index contributed by atoms with van der Waals surface area (Å²) >= 11 is 0. The molecule has 21 heavy (non-hydrogen) atoms. The molecule has 0 aliphatic heterocycles. The Kier molecular flexibility index (Phi) is 7.03. The second-order valence-electron chi connectivity index (χ2n) is 5.65. The Morgan fingerprint density at radius 2 is 1.52 bits per heavy atom. The number of unbranched alkanes of at least 4 members (excludes halogenated alkanes) is 1. The summed E-state index contributed by atoms with van der Waals surface area (Å²) in [7, 11) is 0. The van der Waals surface area contributed by atoms with Crippen LogP contribution in [0.5, 0.6) is 0 Å². The third-order valence-electron chi connectivity index (χ3n) is 3.91. The Labute approximate surface area is 129 Å². The first kappa shape index (κ1) is 15.8. The molecule has 1 heteroatoms. The summed E-state index contributed by atoms with van der Waals surface area (Å²) in [6, 6.07) is 22.1. The van der Waals surface area contributed by atoms with Gasteiger partial charge in [0.15, 0.2) is 0 Å². The highest BCUT2D eigenvalue weighted by Crippen LogP contribution is 2.18. The molecule has 1 nitrogen and oxygen atoms in total. The van der Waals surface area contributed by atoms with Gasteiger partial charge in [-0.15, -0.1) is 0 Å². The zero-order valence-electron chi connectivity index (χ0n) is 13.1. The molecule has 0 aliphatic rings. The summed E-state index contributed by atoms with van der Waals surface area (Å²) in [5, 5.41) is 3.72. The molecule has 0 fully saturated rings. The van der Waals surface area contributed by atoms with Crippen LogP contribution >= 0.6 is 0 Å². The highest BCUT2D eigenvalue weighted by molar-refractivity contribution is 5.18. The van der Waals surface area contributed by atoms with Gasteiger partial charge in [0.1, 0.15) is 0 Å². The largest absolute Gasteiger partial charge is 0.310 e. The van der Waals surface area contributed by atoms with E-state index in [2.05, 4.69) is 72.9 Å². The molecule has 112 valence electrons. The van der Waals surface area contributed by atoms with Gasteiger partial charge in [0.05, 0.1) is 0 Å². The van der Waals surface area contributed by atoms with Crippen molar-refractivity contribution in [1.29, 1.82) is 0 Å². The molecule has 0 bridgehead atoms. The van der Waals surface area contributed by atoms with E-state index < -0.39 is 0 Å². The monoisotopic (exact) mass is 281 g/mol. The van der Waals surface area contributed by atoms with Crippen LogP contribution in [0.1, 0.15) is 49.8 Å². The van der Waals surface area contributed by atoms with E-state index in [-0.39, 0.29) is 0 Å². The lowest BCUT2D eigenvalue weighted by Crippen LogP contribution is -2.22. The maximum absolute atomic E-state index is 3.72. The molecule has 0 saturated carbocycles. The molecule has 0 radical (unpaired) electrons. The van der Waals surface area contributed by atoms with Crippen LogP contribution in [0.2, 0.25) is 0 Å². The normalized spacial score (nSPS) is 12.2. The Hall–Kier alpha value is -1.60. The molecule has 2 rings (SSSR count). The summed E-state index contributed by atoms with van der Waals surface area (Å²) < 4.78 is 0. The molecule has 2 aromatic rings. The first-order valence-electron chi connectivity index (χ1n) is 8.22. The predicted molar refractivity (Wildman–Crippen MR) is 91.5 cm³/mol. The van der Waals surface area contributed by atoms with Crippen LogP contribution in [-0.4, -0.2) is 6.54 Å². The first-order valence-corrected chi connectivity index (χ1v) is 8.22. The summed E-state index contributed by atoms with van der Waals surface area (Å²) in [4.78, 5) is 0. The minimum atomic E-state index is 0.507. The Morgan fingerprint density at radius 1 is 0.857 bits per heavy atom. The molecule has 0 heterocycles. The lowest BCUT2D eigenvalue weighted by atomic mass is 10.0. The van der Waals surface area contributed by atoms with Crippen LogP contribution in [0.25, 0.3) is 0 Å². The van der Waals surface area contributed by atoms with Crippen molar-refractivity contribution in [2.45, 2.75) is 45.1 Å². The third-order valence-corrected chi connectivity index (χ3v) is 3.91. The van der Waals surface area contributed by atoms with Gasteiger partial charge in [-0.1, -0.05) is 74.0 Å². The molecule has 0 saturated heterocycles. The van der Waals surface area contributed by atoms with Crippen LogP contribution in [-0.2, 0) is 6.42 Å². The molecule has 0 aliphatic carbocycles. The third kappa shape index (κ3) is 5.73. The highest BCUT2D eigenvalue weighted by Gasteiger charge is 2.08. The Bertz CT molecular complexity index is 478. The van der Waals surface area contributed by atoms with Gasteiger partial charge in [-0.05, 0) is 43.4 Å². The zero-order valence-corrected chi connectivity index (χ0v) is 13.1. The van der Waals surface area contributed by atoms with Crippen molar-refractivity contribution in [2.24, 2.45) is 0 Å². The fourth-order valence-electron chi connectivity index (χ4n) is 2.74. The van der Waals surface area contributed by atoms with Gasteiger partial charge in [-0.3, -0.25) is 0 Å². The zero-order chi connectivity index (χ0) is 14.8. The highest BCUT2D eigenvalue weighted by atomic mass is 14.9. The van der Waals surface area contributed by atoms with Crippen LogP contribution in [0.3, 0.4) is 0 Å². The standard InChI is InChI=1S/C20H27N/c1-2-11-20(19-15-7-4-8-16-19)21-17-10-9-14-18-12-5-3-6-13-18/h3-8,12-13,15-16,20-21H,2,9-11,14,17H2,1H3. The van der Waals surface area contributed by atoms with E-state index in [0.29, 0.717) is 6.04 Å². The fraction of sp³-hybridized carbons (Fsp3) is 0.400. The van der Waals surface area contributed by atoms with E-state index in [0.717, 1.165) is 6.54 Å². The quantitative estimate of drug-likeness (QED) is 0.627. The van der Waals surface area contributed by atoms with E-state index in [9.17, 15) is 0 Å². The molecule has 0 amide bonds. The first-order chi connectivity index (χ1) is 10.4. The van der Waals surface area contributed by atoms with E-state index in [4.69, 9.17) is 0 Å². The lowest BCUT2D eigenvalue weighted by molar-refractivity contribution is 0.482. The average molecular weight is 281 g/mol. The molecule has 1 N–H and O–H groups in total. The van der Waals surface area contributed by atoms with E-state index in [1.54, 1.807) is 0 Å². The number of hydrogen-bond acceptors (Lipinski definition) is 1. The molecular weight excluding hydrogens is 254 g/mol. The average Bonchev–Trinajstić information content (AvgIpc) is 2.55. The van der Waals surface area contributed by atoms with Gasteiger partial charge in [-0.25, -0.2) is 0 Å². The van der Waals surface area contributed by atoms with E-state index >= 15 is 0 Å². The number of rotatable bonds is 9. The summed E-state index contributed by atoms with van der Waals surface area (Å²) in [6.45, 7) is 3.36. The van der Waals surface area contributed by atoms with Crippen molar-refractivity contribution in [1.82, 2.24) is 5.32 Å². The molecule has 0 spiro atoms. The smallest absolute Gasteiger partial charge is 0.0320 e. The SMILES string of the molecule is CCCC(NCCCCc1ccccc1)c1ccccc1. The Morgan fingerprint density at radius 3 is 2.19 bits per heavy atom. The minimum absolute atomic E-state index is 0.507. The fourth-order valence-corrected chi connectivity index (χ4v) is 2.74. The number of aryl methyl sites for hydroxylation is 1. The topological polar surface area (TPSA) is 12.0 Å². The van der Waals surface area contributed by atoms with Gasteiger partial charge < -0.3 is 5.32 Å². The maximum Gasteiger partial charge on any atom is 0.0320 e. The molecule has 2 aromatic carbocycles. The number of benzene rings is 2. The van der Waals surface area contributed by atoms with Crippen molar-refractivity contribution >= 4 is 0 Å². The predicted octanol–water partition coefficient (Wildman–Crippen LogP) is 5.14. The molecular formula is C20H27N. The number of hydrogen-bond donors (Lipinski definition) is 1. The molecule has 1 atom stereocenters. The van der Waals surface area contributed by atoms with Gasteiger partial charge >= 0.3 is 0 Å². The van der Waals surface area contributed by atoms with Gasteiger partial charge in [0.25, 0.3) is 0 Å². The van der Waals surface area contributed by atoms with Crippen molar-refractivity contribution in [3.05, 3.63) is 71.8 Å². The molecule has 0 aromatic heterocycles. The van der Waals surface area contributed by atoms with E-state index in [1.165, 1.54) is 43.2 Å². The van der Waals surface area contributed by atoms with Crippen LogP contribution in [0.15, 0.2) is 60.7 Å². The van der Waals surface area contributed by atoms with Crippen LogP contribution in [0, 0.1) is 0 Å². The second kappa shape index (κ2) is 9.36. The second-order valence-corrected chi connectivity index (χ2v) is 5.65. The summed E-state index contributed by atoms with van der Waals surface area (Å²) in [5.41, 5.74) is 2.87. The summed E-state index contributed by atoms with van der Waals surface area (Å²) in [6.07, 6.45) is 6.11. The van der Waals surface area contributed by atoms with E-state index in [1.807, 2.05) is 0 Å². The minimum Gasteiger partial charge on any atom is -0.310 e. The van der Waals surface area contributed by atoms with Crippen LogP contribution < -0.4 is 5.32 Å².